The second-order valence-electron chi connectivity index (χ2n) is 5.40. The first-order valence-corrected chi connectivity index (χ1v) is 7.68. The van der Waals surface area contributed by atoms with Gasteiger partial charge in [0.25, 0.3) is 0 Å². The fourth-order valence-corrected chi connectivity index (χ4v) is 3.02. The van der Waals surface area contributed by atoms with Gasteiger partial charge in [0.15, 0.2) is 0 Å². The molecule has 1 heterocycles. The van der Waals surface area contributed by atoms with Crippen LogP contribution in [0.1, 0.15) is 25.7 Å². The second-order valence-corrected chi connectivity index (χ2v) is 5.81. The standard InChI is InChI=1S/C16H18ClN3O/c17-13-7-8-14(12-6-3-9-18-16(12)13)20-15(21)10-19-11-4-1-2-5-11/h3,6-9,11,19H,1-2,4-5,10H2,(H,20,21). The highest BCUT2D eigenvalue weighted by molar-refractivity contribution is 6.35. The van der Waals surface area contributed by atoms with E-state index in [1.165, 1.54) is 25.7 Å². The first-order chi connectivity index (χ1) is 10.2. The number of nitrogens with zero attached hydrogens (tertiary/aromatic N) is 1. The van der Waals surface area contributed by atoms with E-state index >= 15 is 0 Å². The third-order valence-electron chi connectivity index (χ3n) is 3.90. The molecule has 21 heavy (non-hydrogen) atoms. The Balaban J connectivity index is 1.69. The molecule has 0 saturated heterocycles. The Morgan fingerprint density at radius 3 is 2.90 bits per heavy atom. The highest BCUT2D eigenvalue weighted by Crippen LogP contribution is 2.27. The lowest BCUT2D eigenvalue weighted by Gasteiger charge is -2.13. The molecule has 4 nitrogen and oxygen atoms in total. The summed E-state index contributed by atoms with van der Waals surface area (Å²) in [7, 11) is 0. The van der Waals surface area contributed by atoms with Crippen molar-refractivity contribution in [3.05, 3.63) is 35.5 Å². The van der Waals surface area contributed by atoms with Gasteiger partial charge in [0.2, 0.25) is 5.91 Å². The van der Waals surface area contributed by atoms with Crippen LogP contribution in [-0.4, -0.2) is 23.5 Å². The van der Waals surface area contributed by atoms with Crippen LogP contribution in [0.3, 0.4) is 0 Å². The van der Waals surface area contributed by atoms with Gasteiger partial charge in [-0.3, -0.25) is 9.78 Å². The first-order valence-electron chi connectivity index (χ1n) is 7.30. The van der Waals surface area contributed by atoms with Gasteiger partial charge in [0, 0.05) is 17.6 Å². The van der Waals surface area contributed by atoms with Gasteiger partial charge in [-0.2, -0.15) is 0 Å². The molecular weight excluding hydrogens is 286 g/mol. The smallest absolute Gasteiger partial charge is 0.238 e. The van der Waals surface area contributed by atoms with E-state index in [9.17, 15) is 4.79 Å². The highest BCUT2D eigenvalue weighted by Gasteiger charge is 2.15. The van der Waals surface area contributed by atoms with Crippen molar-refractivity contribution in [3.8, 4) is 0 Å². The molecule has 1 aliphatic rings. The summed E-state index contributed by atoms with van der Waals surface area (Å²) < 4.78 is 0. The molecule has 0 bridgehead atoms. The molecule has 3 rings (SSSR count). The normalized spacial score (nSPS) is 15.5. The number of amides is 1. The summed E-state index contributed by atoms with van der Waals surface area (Å²) in [5.74, 6) is -0.0330. The van der Waals surface area contributed by atoms with E-state index in [0.717, 1.165) is 11.1 Å². The number of benzene rings is 1. The number of aromatic nitrogens is 1. The molecule has 1 aromatic heterocycles. The quantitative estimate of drug-likeness (QED) is 0.910. The number of carbonyl (C=O) groups is 1. The maximum atomic E-state index is 12.1. The van der Waals surface area contributed by atoms with Gasteiger partial charge >= 0.3 is 0 Å². The van der Waals surface area contributed by atoms with E-state index < -0.39 is 0 Å². The van der Waals surface area contributed by atoms with Gasteiger partial charge < -0.3 is 10.6 Å². The van der Waals surface area contributed by atoms with Crippen LogP contribution in [0.5, 0.6) is 0 Å². The molecule has 0 atom stereocenters. The van der Waals surface area contributed by atoms with Gasteiger partial charge in [-0.15, -0.1) is 0 Å². The summed E-state index contributed by atoms with van der Waals surface area (Å²) in [5.41, 5.74) is 1.46. The van der Waals surface area contributed by atoms with Crippen LogP contribution in [0.25, 0.3) is 10.9 Å². The van der Waals surface area contributed by atoms with Crippen molar-refractivity contribution >= 4 is 34.1 Å². The Morgan fingerprint density at radius 2 is 2.10 bits per heavy atom. The Morgan fingerprint density at radius 1 is 1.29 bits per heavy atom. The van der Waals surface area contributed by atoms with E-state index in [0.29, 0.717) is 23.1 Å². The molecule has 1 amide bonds. The monoisotopic (exact) mass is 303 g/mol. The predicted molar refractivity (Wildman–Crippen MR) is 85.6 cm³/mol. The maximum Gasteiger partial charge on any atom is 0.238 e. The zero-order valence-corrected chi connectivity index (χ0v) is 12.5. The summed E-state index contributed by atoms with van der Waals surface area (Å²) in [6, 6.07) is 7.81. The number of fused-ring (bicyclic) bond motifs is 1. The topological polar surface area (TPSA) is 54.0 Å². The SMILES string of the molecule is O=C(CNC1CCCC1)Nc1ccc(Cl)c2ncccc12. The van der Waals surface area contributed by atoms with Crippen molar-refractivity contribution < 1.29 is 4.79 Å². The third kappa shape index (κ3) is 3.34. The van der Waals surface area contributed by atoms with Crippen LogP contribution < -0.4 is 10.6 Å². The summed E-state index contributed by atoms with van der Waals surface area (Å²) in [4.78, 5) is 16.3. The summed E-state index contributed by atoms with van der Waals surface area (Å²) in [6.07, 6.45) is 6.54. The number of carbonyl (C=O) groups excluding carboxylic acids is 1. The molecule has 1 saturated carbocycles. The molecule has 0 radical (unpaired) electrons. The van der Waals surface area contributed by atoms with Crippen LogP contribution in [0.4, 0.5) is 5.69 Å². The van der Waals surface area contributed by atoms with E-state index in [2.05, 4.69) is 15.6 Å². The lowest BCUT2D eigenvalue weighted by molar-refractivity contribution is -0.115. The van der Waals surface area contributed by atoms with Crippen molar-refractivity contribution in [2.45, 2.75) is 31.7 Å². The fourth-order valence-electron chi connectivity index (χ4n) is 2.81. The van der Waals surface area contributed by atoms with E-state index in [1.54, 1.807) is 12.3 Å². The molecule has 0 aliphatic heterocycles. The van der Waals surface area contributed by atoms with Crippen LogP contribution in [-0.2, 0) is 4.79 Å². The number of rotatable bonds is 4. The van der Waals surface area contributed by atoms with E-state index in [1.807, 2.05) is 18.2 Å². The average molecular weight is 304 g/mol. The van der Waals surface area contributed by atoms with Crippen LogP contribution >= 0.6 is 11.6 Å². The van der Waals surface area contributed by atoms with Crippen molar-refractivity contribution in [2.75, 3.05) is 11.9 Å². The fraction of sp³-hybridized carbons (Fsp3) is 0.375. The Kier molecular flexibility index (Phi) is 4.36. The largest absolute Gasteiger partial charge is 0.324 e. The summed E-state index contributed by atoms with van der Waals surface area (Å²) in [5, 5.41) is 7.69. The lowest BCUT2D eigenvalue weighted by atomic mass is 10.2. The predicted octanol–water partition coefficient (Wildman–Crippen LogP) is 3.36. The first kappa shape index (κ1) is 14.3. The molecule has 1 aromatic carbocycles. The van der Waals surface area contributed by atoms with Crippen LogP contribution in [0.15, 0.2) is 30.5 Å². The van der Waals surface area contributed by atoms with Crippen LogP contribution in [0, 0.1) is 0 Å². The maximum absolute atomic E-state index is 12.1. The van der Waals surface area contributed by atoms with Crippen molar-refractivity contribution in [1.82, 2.24) is 10.3 Å². The number of halogens is 1. The van der Waals surface area contributed by atoms with Gasteiger partial charge in [-0.1, -0.05) is 24.4 Å². The minimum Gasteiger partial charge on any atom is -0.324 e. The minimum absolute atomic E-state index is 0.0330. The number of hydrogen-bond donors (Lipinski definition) is 2. The van der Waals surface area contributed by atoms with Crippen molar-refractivity contribution in [1.29, 1.82) is 0 Å². The average Bonchev–Trinajstić information content (AvgIpc) is 3.02. The molecular formula is C16H18ClN3O. The lowest BCUT2D eigenvalue weighted by Crippen LogP contribution is -2.34. The van der Waals surface area contributed by atoms with Crippen LogP contribution in [0.2, 0.25) is 5.02 Å². The van der Waals surface area contributed by atoms with Gasteiger partial charge in [0.1, 0.15) is 0 Å². The van der Waals surface area contributed by atoms with Gasteiger partial charge in [0.05, 0.1) is 22.8 Å². The Bertz CT molecular complexity index is 653. The molecule has 1 fully saturated rings. The zero-order valence-electron chi connectivity index (χ0n) is 11.7. The summed E-state index contributed by atoms with van der Waals surface area (Å²) >= 11 is 6.13. The van der Waals surface area contributed by atoms with E-state index in [4.69, 9.17) is 11.6 Å². The molecule has 2 N–H and O–H groups in total. The number of hydrogen-bond acceptors (Lipinski definition) is 3. The highest BCUT2D eigenvalue weighted by atomic mass is 35.5. The minimum atomic E-state index is -0.0330. The third-order valence-corrected chi connectivity index (χ3v) is 4.21. The zero-order chi connectivity index (χ0) is 14.7. The number of nitrogens with one attached hydrogen (secondary N) is 2. The van der Waals surface area contributed by atoms with Crippen molar-refractivity contribution in [3.63, 3.8) is 0 Å². The van der Waals surface area contributed by atoms with Gasteiger partial charge in [-0.05, 0) is 37.1 Å². The van der Waals surface area contributed by atoms with Crippen molar-refractivity contribution in [2.24, 2.45) is 0 Å². The summed E-state index contributed by atoms with van der Waals surface area (Å²) in [6.45, 7) is 0.342. The molecule has 0 spiro atoms. The molecule has 0 unspecified atom stereocenters. The number of anilines is 1. The molecule has 110 valence electrons. The molecule has 1 aliphatic carbocycles. The molecule has 2 aromatic rings. The van der Waals surface area contributed by atoms with E-state index in [-0.39, 0.29) is 5.91 Å². The number of pyridine rings is 1. The molecule has 5 heteroatoms. The second kappa shape index (κ2) is 6.41. The Labute approximate surface area is 128 Å². The Hall–Kier alpha value is -1.65. The van der Waals surface area contributed by atoms with Gasteiger partial charge in [-0.25, -0.2) is 0 Å².